The number of nitrogens with one attached hydrogen (secondary N) is 2. The maximum atomic E-state index is 14.1. The first-order chi connectivity index (χ1) is 20.6. The molecule has 4 aromatic rings. The molecule has 2 amide bonds. The minimum Gasteiger partial charge on any atom is -0.483 e. The summed E-state index contributed by atoms with van der Waals surface area (Å²) in [4.78, 5) is 44.2. The largest absolute Gasteiger partial charge is 0.483 e. The van der Waals surface area contributed by atoms with Crippen LogP contribution >= 0.6 is 0 Å². The molecule has 0 saturated carbocycles. The van der Waals surface area contributed by atoms with E-state index in [1.165, 1.54) is 23.1 Å². The number of amides is 2. The van der Waals surface area contributed by atoms with Gasteiger partial charge in [-0.15, -0.1) is 0 Å². The first kappa shape index (κ1) is 29.6. The lowest BCUT2D eigenvalue weighted by molar-refractivity contribution is 0.0941. The van der Waals surface area contributed by atoms with Crippen LogP contribution in [0, 0.1) is 17.5 Å². The maximum Gasteiger partial charge on any atom is 0.278 e. The number of aromatic amines is 1. The molecule has 3 aromatic carbocycles. The molecule has 9 nitrogen and oxygen atoms in total. The van der Waals surface area contributed by atoms with Crippen LogP contribution in [0.1, 0.15) is 38.4 Å². The second-order valence-corrected chi connectivity index (χ2v) is 11.7. The van der Waals surface area contributed by atoms with E-state index in [9.17, 15) is 36.0 Å². The molecule has 222 valence electrons. The molecule has 0 bridgehead atoms. The smallest absolute Gasteiger partial charge is 0.278 e. The molecule has 0 aliphatic carbocycles. The number of ether oxygens (including phenoxy) is 1. The zero-order valence-electron chi connectivity index (χ0n) is 22.4. The van der Waals surface area contributed by atoms with Crippen molar-refractivity contribution in [1.82, 2.24) is 10.3 Å². The zero-order valence-corrected chi connectivity index (χ0v) is 23.2. The van der Waals surface area contributed by atoms with Gasteiger partial charge < -0.3 is 19.9 Å². The fraction of sp³-hybridized carbons (Fsp3) is 0.167. The number of anilines is 1. The van der Waals surface area contributed by atoms with Gasteiger partial charge in [-0.05, 0) is 24.1 Å². The third-order valence-corrected chi connectivity index (χ3v) is 8.63. The molecule has 5 rings (SSSR count). The number of carbonyl (C=O) groups excluding carboxylic acids is 2. The van der Waals surface area contributed by atoms with Gasteiger partial charge in [-0.2, -0.15) is 0 Å². The lowest BCUT2D eigenvalue weighted by atomic mass is 10.1. The van der Waals surface area contributed by atoms with Crippen molar-refractivity contribution >= 4 is 27.3 Å². The van der Waals surface area contributed by atoms with Crippen molar-refractivity contribution in [2.24, 2.45) is 0 Å². The minimum absolute atomic E-state index is 0.0201. The van der Waals surface area contributed by atoms with Gasteiger partial charge in [0, 0.05) is 37.0 Å². The normalized spacial score (nSPS) is 14.0. The molecule has 1 aliphatic rings. The summed E-state index contributed by atoms with van der Waals surface area (Å²) < 4.78 is 72.8. The summed E-state index contributed by atoms with van der Waals surface area (Å²) >= 11 is 0. The van der Waals surface area contributed by atoms with E-state index in [1.54, 1.807) is 36.4 Å². The molecule has 1 aromatic heterocycles. The Morgan fingerprint density at radius 2 is 1.65 bits per heavy atom. The van der Waals surface area contributed by atoms with Crippen molar-refractivity contribution in [2.45, 2.75) is 24.5 Å². The highest BCUT2D eigenvalue weighted by Crippen LogP contribution is 2.31. The number of benzene rings is 3. The van der Waals surface area contributed by atoms with Crippen LogP contribution in [-0.2, 0) is 23.0 Å². The Morgan fingerprint density at radius 3 is 2.37 bits per heavy atom. The van der Waals surface area contributed by atoms with Gasteiger partial charge in [0.05, 0.1) is 16.3 Å². The number of fused-ring (bicyclic) bond motifs is 1. The number of H-pyrrole nitrogens is 1. The van der Waals surface area contributed by atoms with Crippen molar-refractivity contribution < 1.29 is 35.9 Å². The minimum atomic E-state index is -3.67. The lowest BCUT2D eigenvalue weighted by Gasteiger charge is -2.23. The fourth-order valence-electron chi connectivity index (χ4n) is 4.64. The van der Waals surface area contributed by atoms with Crippen LogP contribution in [0.3, 0.4) is 0 Å². The Kier molecular flexibility index (Phi) is 8.35. The first-order valence-corrected chi connectivity index (χ1v) is 14.7. The Bertz CT molecular complexity index is 1860. The zero-order chi connectivity index (χ0) is 30.7. The number of hydrogen-bond acceptors (Lipinski definition) is 6. The highest BCUT2D eigenvalue weighted by Gasteiger charge is 2.32. The molecule has 0 fully saturated rings. The molecule has 43 heavy (non-hydrogen) atoms. The van der Waals surface area contributed by atoms with Crippen LogP contribution in [0.5, 0.6) is 5.75 Å². The highest BCUT2D eigenvalue weighted by molar-refractivity contribution is 7.91. The summed E-state index contributed by atoms with van der Waals surface area (Å²) in [6.07, 6.45) is 1.09. The van der Waals surface area contributed by atoms with Gasteiger partial charge in [0.15, 0.2) is 21.3 Å². The van der Waals surface area contributed by atoms with Gasteiger partial charge in [0.25, 0.3) is 11.8 Å². The van der Waals surface area contributed by atoms with Crippen molar-refractivity contribution in [1.29, 1.82) is 0 Å². The number of nitrogens with zero attached hydrogens (tertiary/aromatic N) is 1. The molecule has 0 unspecified atom stereocenters. The SMILES string of the molecule is O=C(NCc1c(F)cc(F)cc1F)c1c[nH]c(C(=O)N2CCCS(=O)(=O)c3ccccc32)c(OCc2ccccc2)c1=O. The Labute approximate surface area is 243 Å². The number of aromatic nitrogens is 1. The van der Waals surface area contributed by atoms with Crippen molar-refractivity contribution in [3.05, 3.63) is 123 Å². The lowest BCUT2D eigenvalue weighted by Crippen LogP contribution is -2.35. The van der Waals surface area contributed by atoms with E-state index in [1.807, 2.05) is 0 Å². The number of halogens is 3. The Morgan fingerprint density at radius 1 is 0.977 bits per heavy atom. The maximum absolute atomic E-state index is 14.1. The Hall–Kier alpha value is -4.91. The average Bonchev–Trinajstić information content (AvgIpc) is 3.11. The van der Waals surface area contributed by atoms with Gasteiger partial charge in [0.2, 0.25) is 5.43 Å². The number of hydrogen-bond donors (Lipinski definition) is 2. The van der Waals surface area contributed by atoms with Crippen molar-refractivity contribution in [2.75, 3.05) is 17.2 Å². The fourth-order valence-corrected chi connectivity index (χ4v) is 6.16. The average molecular weight is 612 g/mol. The molecular weight excluding hydrogens is 587 g/mol. The first-order valence-electron chi connectivity index (χ1n) is 13.0. The van der Waals surface area contributed by atoms with E-state index >= 15 is 0 Å². The summed E-state index contributed by atoms with van der Waals surface area (Å²) in [7, 11) is -3.67. The quantitative estimate of drug-likeness (QED) is 0.324. The summed E-state index contributed by atoms with van der Waals surface area (Å²) in [5.74, 6) is -6.09. The van der Waals surface area contributed by atoms with Crippen LogP contribution in [0.2, 0.25) is 0 Å². The third-order valence-electron chi connectivity index (χ3n) is 6.79. The predicted molar refractivity (Wildman–Crippen MR) is 150 cm³/mol. The number of para-hydroxylation sites is 1. The van der Waals surface area contributed by atoms with E-state index in [4.69, 9.17) is 4.74 Å². The molecule has 13 heteroatoms. The standard InChI is InChI=1S/C30H24F3N3O6S/c31-19-13-22(32)20(23(33)14-19)15-35-29(38)21-16-34-26(28(27(21)37)42-17-18-7-2-1-3-8-18)30(39)36-11-6-12-43(40,41)25-10-5-4-9-24(25)36/h1-5,7-10,13-14,16H,6,11-12,15,17H2,(H,34,37)(H,35,38). The predicted octanol–water partition coefficient (Wildman–Crippen LogP) is 4.13. The van der Waals surface area contributed by atoms with Gasteiger partial charge in [-0.3, -0.25) is 14.4 Å². The molecule has 2 heterocycles. The van der Waals surface area contributed by atoms with E-state index in [0.29, 0.717) is 17.7 Å². The van der Waals surface area contributed by atoms with Gasteiger partial charge >= 0.3 is 0 Å². The van der Waals surface area contributed by atoms with Crippen LogP contribution < -0.4 is 20.4 Å². The van der Waals surface area contributed by atoms with Crippen LogP contribution in [0.15, 0.2) is 82.6 Å². The van der Waals surface area contributed by atoms with Gasteiger partial charge in [-0.1, -0.05) is 42.5 Å². The molecule has 1 aliphatic heterocycles. The van der Waals surface area contributed by atoms with Crippen LogP contribution in [0.4, 0.5) is 18.9 Å². The summed E-state index contributed by atoms with van der Waals surface area (Å²) in [6.45, 7) is -0.839. The number of carbonyl (C=O) groups is 2. The third kappa shape index (κ3) is 6.16. The van der Waals surface area contributed by atoms with Gasteiger partial charge in [0.1, 0.15) is 29.6 Å². The molecule has 0 spiro atoms. The summed E-state index contributed by atoms with van der Waals surface area (Å²) in [5, 5.41) is 2.22. The monoisotopic (exact) mass is 611 g/mol. The highest BCUT2D eigenvalue weighted by atomic mass is 32.2. The molecular formula is C30H24F3N3O6S. The molecule has 0 atom stereocenters. The second-order valence-electron chi connectivity index (χ2n) is 9.64. The molecule has 2 N–H and O–H groups in total. The van der Waals surface area contributed by atoms with E-state index in [-0.39, 0.29) is 41.6 Å². The van der Waals surface area contributed by atoms with E-state index in [2.05, 4.69) is 10.3 Å². The van der Waals surface area contributed by atoms with Crippen LogP contribution in [-0.4, -0.2) is 37.5 Å². The summed E-state index contributed by atoms with van der Waals surface area (Å²) in [6, 6.07) is 15.6. The number of rotatable bonds is 7. The molecule has 0 radical (unpaired) electrons. The topological polar surface area (TPSA) is 126 Å². The van der Waals surface area contributed by atoms with Crippen molar-refractivity contribution in [3.8, 4) is 5.75 Å². The van der Waals surface area contributed by atoms with E-state index < -0.39 is 68.0 Å². The number of pyridine rings is 1. The Balaban J connectivity index is 1.51. The van der Waals surface area contributed by atoms with Gasteiger partial charge in [-0.25, -0.2) is 21.6 Å². The van der Waals surface area contributed by atoms with Crippen LogP contribution in [0.25, 0.3) is 0 Å². The van der Waals surface area contributed by atoms with E-state index in [0.717, 1.165) is 6.20 Å². The molecule has 0 saturated heterocycles. The van der Waals surface area contributed by atoms with Crippen molar-refractivity contribution in [3.63, 3.8) is 0 Å². The number of sulfone groups is 1. The second kappa shape index (κ2) is 12.1. The summed E-state index contributed by atoms with van der Waals surface area (Å²) in [5.41, 5.74) is -1.70.